The fourth-order valence-corrected chi connectivity index (χ4v) is 4.20. The number of anilines is 2. The molecular formula is C42H94N4Y11-2. The smallest absolute Gasteiger partial charge is 0.0767 e. The molecule has 11 radical (unpaired) electrons. The van der Waals surface area contributed by atoms with Crippen molar-refractivity contribution in [1.29, 1.82) is 0 Å². The molecule has 4 nitrogen and oxygen atoms in total. The van der Waals surface area contributed by atoms with Gasteiger partial charge in [-0.15, -0.1) is 0 Å². The predicted molar refractivity (Wildman–Crippen MR) is 229 cm³/mol. The normalized spacial score (nSPS) is 13.8. The molecule has 4 atom stereocenters. The molecule has 317 valence electrons. The second-order valence-corrected chi connectivity index (χ2v) is 8.40. The number of benzene rings is 2. The van der Waals surface area contributed by atoms with E-state index in [0.717, 1.165) is 0 Å². The van der Waals surface area contributed by atoms with Crippen LogP contribution in [0.2, 0.25) is 0 Å². The Bertz CT molecular complexity index is 805. The van der Waals surface area contributed by atoms with Crippen LogP contribution in [0.1, 0.15) is 175 Å². The third-order valence-electron chi connectivity index (χ3n) is 6.66. The molecule has 57 heavy (non-hydrogen) atoms. The molecule has 2 aliphatic rings. The Balaban J connectivity index is -0.0000000153. The van der Waals surface area contributed by atoms with E-state index in [1.54, 1.807) is 0 Å². The molecule has 0 saturated carbocycles. The van der Waals surface area contributed by atoms with Crippen LogP contribution in [0.4, 0.5) is 11.4 Å². The van der Waals surface area contributed by atoms with Crippen molar-refractivity contribution in [3.05, 3.63) is 73.5 Å². The molecule has 0 aromatic heterocycles. The first kappa shape index (κ1) is 138. The summed E-state index contributed by atoms with van der Waals surface area (Å²) < 4.78 is 0. The van der Waals surface area contributed by atoms with Crippen molar-refractivity contribution < 1.29 is 360 Å². The van der Waals surface area contributed by atoms with Gasteiger partial charge in [0.05, 0.1) is 12.3 Å². The van der Waals surface area contributed by atoms with Crippen LogP contribution in [-0.2, 0) is 360 Å². The first-order chi connectivity index (χ1) is 19.2. The molecule has 15 heteroatoms. The maximum atomic E-state index is 3.53. The van der Waals surface area contributed by atoms with Crippen molar-refractivity contribution in [2.45, 2.75) is 179 Å². The van der Waals surface area contributed by atoms with Gasteiger partial charge in [0, 0.05) is 383 Å². The zero-order valence-electron chi connectivity index (χ0n) is 39.0. The van der Waals surface area contributed by atoms with Gasteiger partial charge in [0.15, 0.2) is 0 Å². The number of nitrogens with one attached hydrogen (secondary N) is 2. The van der Waals surface area contributed by atoms with E-state index in [1.807, 2.05) is 83.1 Å². The maximum Gasteiger partial charge on any atom is 0.0767 e. The molecule has 0 fully saturated rings. The third kappa shape index (κ3) is 55.3. The fourth-order valence-electron chi connectivity index (χ4n) is 4.20. The Labute approximate surface area is 642 Å². The fraction of sp³-hybridized carbons (Fsp3) is 0.667. The van der Waals surface area contributed by atoms with E-state index in [1.165, 1.54) is 33.6 Å². The summed E-state index contributed by atoms with van der Waals surface area (Å²) in [5.41, 5.74) is 8.15. The van der Waals surface area contributed by atoms with Crippen LogP contribution in [0, 0.1) is 28.7 Å². The van der Waals surface area contributed by atoms with E-state index in [-0.39, 0.29) is 404 Å². The van der Waals surface area contributed by atoms with Gasteiger partial charge in [-0.1, -0.05) is 149 Å². The zero-order valence-corrected chi connectivity index (χ0v) is 70.2. The Hall–Kier alpha value is 10.1. The molecule has 2 aromatic carbocycles. The van der Waals surface area contributed by atoms with Gasteiger partial charge in [0.25, 0.3) is 0 Å². The van der Waals surface area contributed by atoms with Crippen LogP contribution < -0.4 is 10.6 Å². The van der Waals surface area contributed by atoms with Crippen molar-refractivity contribution in [2.24, 2.45) is 0 Å². The molecule has 0 aliphatic carbocycles. The topological polar surface area (TPSA) is 30.5 Å². The molecule has 2 unspecified atom stereocenters. The summed E-state index contributed by atoms with van der Waals surface area (Å²) in [4.78, 5) is 4.70. The van der Waals surface area contributed by atoms with Crippen molar-refractivity contribution in [1.82, 2.24) is 9.80 Å². The van der Waals surface area contributed by atoms with Crippen molar-refractivity contribution >= 4 is 11.4 Å². The number of nitrogens with zero attached hydrogens (tertiary/aromatic N) is 2. The quantitative estimate of drug-likeness (QED) is 0.257. The SMILES string of the molecule is C.C.C.C.CC.CC.CC.CC.CC.CC.Cc1cccc2c1NC(C)N(C)[C@H]2C.Cc1cccc2c1NC(C)N(C)[C@H]2C.[CH3-].[CH3-].[Y].[Y].[Y].[Y].[Y].[Y].[Y].[Y].[Y].[Y].[Y]. The van der Waals surface area contributed by atoms with Crippen LogP contribution >= 0.6 is 0 Å². The minimum absolute atomic E-state index is 0. The second kappa shape index (κ2) is 95.7. The van der Waals surface area contributed by atoms with E-state index in [0.29, 0.717) is 24.4 Å². The maximum absolute atomic E-state index is 3.53. The van der Waals surface area contributed by atoms with Gasteiger partial charge in [-0.05, 0) is 77.9 Å². The second-order valence-electron chi connectivity index (χ2n) is 8.40. The van der Waals surface area contributed by atoms with Crippen molar-refractivity contribution in [2.75, 3.05) is 24.7 Å². The van der Waals surface area contributed by atoms with Crippen molar-refractivity contribution in [3.63, 3.8) is 0 Å². The van der Waals surface area contributed by atoms with Crippen LogP contribution in [0.25, 0.3) is 0 Å². The van der Waals surface area contributed by atoms with Crippen LogP contribution in [0.3, 0.4) is 0 Å². The Morgan fingerprint density at radius 1 is 0.386 bits per heavy atom. The molecule has 2 N–H and O–H groups in total. The number of fused-ring (bicyclic) bond motifs is 2. The summed E-state index contributed by atoms with van der Waals surface area (Å²) in [5.74, 6) is 0. The summed E-state index contributed by atoms with van der Waals surface area (Å²) in [6, 6.07) is 14.0. The first-order valence-electron chi connectivity index (χ1n) is 16.4. The summed E-state index contributed by atoms with van der Waals surface area (Å²) in [7, 11) is 4.32. The summed E-state index contributed by atoms with van der Waals surface area (Å²) in [6.07, 6.45) is 0.831. The molecule has 0 saturated heterocycles. The van der Waals surface area contributed by atoms with Crippen molar-refractivity contribution in [3.8, 4) is 0 Å². The number of rotatable bonds is 0. The monoisotopic (exact) mass is 1630 g/mol. The van der Waals surface area contributed by atoms with Gasteiger partial charge >= 0.3 is 0 Å². The molecule has 4 rings (SSSR count). The Kier molecular flexibility index (Phi) is 232. The van der Waals surface area contributed by atoms with E-state index in [4.69, 9.17) is 0 Å². The number of hydrogen-bond donors (Lipinski definition) is 2. The first-order valence-corrected chi connectivity index (χ1v) is 16.4. The standard InChI is InChI=1S/2C12H18N2.6C2H6.4CH4.2CH3.11Y/c2*1-8-6-5-7-11-9(2)14(4)10(3)13-12(8)11;6*1-2;;;;;;;;;;;;;;;;;/h2*5-7,9-10,13H,1-4H3;6*1-2H3;4*1H4;2*1H3;;;;;;;;;;;/q;;;;;;;;;;;;2*-1;;;;;;;;;;;/t2*9-,10?;;;;;;;;;;;;;;;;;;;;;;;/m00......................./s1. The number of aryl methyl sites for hydroxylation is 2. The van der Waals surface area contributed by atoms with E-state index in [2.05, 4.69) is 112 Å². The number of hydrogen-bond acceptors (Lipinski definition) is 4. The molecular weight excluding hydrogens is 1540 g/mol. The van der Waals surface area contributed by atoms with Gasteiger partial charge in [0.1, 0.15) is 0 Å². The van der Waals surface area contributed by atoms with Gasteiger partial charge in [-0.3, -0.25) is 9.80 Å². The zero-order chi connectivity index (χ0) is 32.6. The minimum atomic E-state index is 0. The summed E-state index contributed by atoms with van der Waals surface area (Å²) in [6.45, 7) is 37.2. The average molecular weight is 1630 g/mol. The Morgan fingerprint density at radius 2 is 0.561 bits per heavy atom. The largest absolute Gasteiger partial charge is 0.369 e. The summed E-state index contributed by atoms with van der Waals surface area (Å²) in [5, 5.41) is 7.07. The molecule has 2 aliphatic heterocycles. The van der Waals surface area contributed by atoms with E-state index >= 15 is 0 Å². The van der Waals surface area contributed by atoms with Crippen LogP contribution in [0.5, 0.6) is 0 Å². The predicted octanol–water partition coefficient (Wildman–Crippen LogP) is 15.1. The van der Waals surface area contributed by atoms with Gasteiger partial charge in [-0.2, -0.15) is 0 Å². The molecule has 0 spiro atoms. The average Bonchev–Trinajstić information content (AvgIpc) is 3.02. The van der Waals surface area contributed by atoms with E-state index in [9.17, 15) is 0 Å². The minimum Gasteiger partial charge on any atom is -0.369 e. The van der Waals surface area contributed by atoms with Gasteiger partial charge < -0.3 is 25.5 Å². The third-order valence-corrected chi connectivity index (χ3v) is 6.66. The van der Waals surface area contributed by atoms with Gasteiger partial charge in [0.2, 0.25) is 0 Å². The van der Waals surface area contributed by atoms with E-state index < -0.39 is 0 Å². The molecule has 0 bridgehead atoms. The Morgan fingerprint density at radius 3 is 0.737 bits per heavy atom. The summed E-state index contributed by atoms with van der Waals surface area (Å²) >= 11 is 0. The molecule has 2 aromatic rings. The van der Waals surface area contributed by atoms with Crippen LogP contribution in [-0.4, -0.2) is 36.2 Å². The van der Waals surface area contributed by atoms with Gasteiger partial charge in [-0.25, -0.2) is 0 Å². The van der Waals surface area contributed by atoms with Crippen LogP contribution in [0.15, 0.2) is 36.4 Å². The number of para-hydroxylation sites is 2. The molecule has 2 heterocycles. The molecule has 0 amide bonds.